The van der Waals surface area contributed by atoms with Crippen molar-refractivity contribution in [3.63, 3.8) is 0 Å². The molecule has 0 amide bonds. The van der Waals surface area contributed by atoms with Crippen LogP contribution in [0.4, 0.5) is 4.39 Å². The molecule has 0 aliphatic carbocycles. The second-order valence-corrected chi connectivity index (χ2v) is 15.9. The van der Waals surface area contributed by atoms with E-state index in [1.807, 2.05) is 6.07 Å². The number of rotatable bonds is 5. The number of hydrogen-bond donors (Lipinski definition) is 2. The lowest BCUT2D eigenvalue weighted by atomic mass is 10.0. The van der Waals surface area contributed by atoms with E-state index in [0.717, 1.165) is 10.4 Å². The van der Waals surface area contributed by atoms with E-state index in [1.54, 1.807) is 6.07 Å². The number of nitriles is 2. The van der Waals surface area contributed by atoms with E-state index in [4.69, 9.17) is 10.00 Å². The highest BCUT2D eigenvalue weighted by molar-refractivity contribution is 7.89. The Labute approximate surface area is 204 Å². The highest BCUT2D eigenvalue weighted by Crippen LogP contribution is 2.32. The third-order valence-corrected chi connectivity index (χ3v) is 8.08. The summed E-state index contributed by atoms with van der Waals surface area (Å²) in [5, 5.41) is 39.1. The molecule has 0 unspecified atom stereocenters. The van der Waals surface area contributed by atoms with Gasteiger partial charge in [-0.05, 0) is 30.3 Å². The van der Waals surface area contributed by atoms with Crippen molar-refractivity contribution in [2.75, 3.05) is 19.7 Å². The number of nitrogens with zero attached hydrogens (tertiary/aromatic N) is 3. The van der Waals surface area contributed by atoms with Gasteiger partial charge in [0.25, 0.3) is 0 Å². The Bertz CT molecular complexity index is 1400. The molecule has 0 aromatic heterocycles. The van der Waals surface area contributed by atoms with Crippen molar-refractivity contribution in [1.82, 2.24) is 4.31 Å². The average molecular weight is 514 g/mol. The van der Waals surface area contributed by atoms with E-state index in [-0.39, 0.29) is 28.3 Å². The van der Waals surface area contributed by atoms with Crippen LogP contribution in [-0.4, -0.2) is 62.4 Å². The van der Waals surface area contributed by atoms with Gasteiger partial charge in [-0.1, -0.05) is 25.6 Å². The van der Waals surface area contributed by atoms with Crippen LogP contribution in [0.5, 0.6) is 5.75 Å². The minimum absolute atomic E-state index is 0.0411. The molecule has 1 aliphatic heterocycles. The maximum atomic E-state index is 14.0. The Morgan fingerprint density at radius 2 is 1.86 bits per heavy atom. The number of benzene rings is 2. The van der Waals surface area contributed by atoms with Crippen LogP contribution >= 0.6 is 0 Å². The predicted molar refractivity (Wildman–Crippen MR) is 128 cm³/mol. The van der Waals surface area contributed by atoms with Gasteiger partial charge < -0.3 is 14.9 Å². The van der Waals surface area contributed by atoms with Crippen LogP contribution in [0.15, 0.2) is 41.3 Å². The highest BCUT2D eigenvalue weighted by atomic mass is 32.2. The van der Waals surface area contributed by atoms with Gasteiger partial charge in [0.05, 0.1) is 24.3 Å². The zero-order valence-corrected chi connectivity index (χ0v) is 21.2. The molecule has 3 rings (SSSR count). The summed E-state index contributed by atoms with van der Waals surface area (Å²) in [6.45, 7) is 4.50. The largest absolute Gasteiger partial charge is 0.486 e. The van der Waals surface area contributed by atoms with Gasteiger partial charge in [-0.3, -0.25) is 0 Å². The normalized spacial score (nSPS) is 20.4. The standard InChI is InChI=1S/C24H24FN3O5SSi/c1-35(2,3)9-8-17-4-7-22(19(10-17)13-27)34(31,32)28-14-23(24(30,15-28)16-29)33-20-6-5-18(12-26)21(25)11-20/h4-7,10-11,23,29-30H,14-16H2,1-3H3/t23-,24+/m0/s1. The number of β-amino-alcohol motifs (C(OH)–C–C–N with tert-alkyl or cyclic N) is 1. The maximum absolute atomic E-state index is 14.0. The number of hydrogen-bond acceptors (Lipinski definition) is 7. The van der Waals surface area contributed by atoms with Crippen molar-refractivity contribution in [3.05, 3.63) is 58.9 Å². The van der Waals surface area contributed by atoms with Crippen LogP contribution in [0.2, 0.25) is 19.6 Å². The van der Waals surface area contributed by atoms with Crippen LogP contribution < -0.4 is 4.74 Å². The zero-order valence-electron chi connectivity index (χ0n) is 19.4. The number of sulfonamides is 1. The Morgan fingerprint density at radius 1 is 1.17 bits per heavy atom. The van der Waals surface area contributed by atoms with E-state index in [1.165, 1.54) is 30.3 Å². The molecule has 0 bridgehead atoms. The van der Waals surface area contributed by atoms with E-state index < -0.39 is 48.8 Å². The Kier molecular flexibility index (Phi) is 7.37. The SMILES string of the molecule is C[Si](C)(C)C#Cc1ccc(S(=O)(=O)N2C[C@H](Oc3ccc(C#N)c(F)c3)[C@](O)(CO)C2)c(C#N)c1. The lowest BCUT2D eigenvalue weighted by Crippen LogP contribution is -2.48. The van der Waals surface area contributed by atoms with Crippen molar-refractivity contribution < 1.29 is 27.8 Å². The molecule has 2 aromatic rings. The topological polar surface area (TPSA) is 135 Å². The number of aliphatic hydroxyl groups is 2. The molecule has 11 heteroatoms. The molecule has 1 fully saturated rings. The third-order valence-electron chi connectivity index (χ3n) is 5.33. The molecule has 0 radical (unpaired) electrons. The van der Waals surface area contributed by atoms with Crippen molar-refractivity contribution in [1.29, 1.82) is 10.5 Å². The summed E-state index contributed by atoms with van der Waals surface area (Å²) < 4.78 is 47.3. The summed E-state index contributed by atoms with van der Waals surface area (Å²) in [5.41, 5.74) is 1.39. The summed E-state index contributed by atoms with van der Waals surface area (Å²) in [6.07, 6.45) is -1.23. The van der Waals surface area contributed by atoms with E-state index in [2.05, 4.69) is 31.1 Å². The van der Waals surface area contributed by atoms with Crippen LogP contribution in [0.25, 0.3) is 0 Å². The van der Waals surface area contributed by atoms with Gasteiger partial charge in [-0.25, -0.2) is 12.8 Å². The molecule has 0 saturated carbocycles. The Hall–Kier alpha value is -3.24. The fourth-order valence-electron chi connectivity index (χ4n) is 3.45. The summed E-state index contributed by atoms with van der Waals surface area (Å²) in [4.78, 5) is -0.260. The van der Waals surface area contributed by atoms with Gasteiger partial charge in [0.2, 0.25) is 10.0 Å². The summed E-state index contributed by atoms with van der Waals surface area (Å²) in [7, 11) is -5.95. The second-order valence-electron chi connectivity index (χ2n) is 9.24. The fraction of sp³-hybridized carbons (Fsp3) is 0.333. The van der Waals surface area contributed by atoms with E-state index >= 15 is 0 Å². The summed E-state index contributed by atoms with van der Waals surface area (Å²) in [5.74, 6) is 2.11. The summed E-state index contributed by atoms with van der Waals surface area (Å²) in [6, 6.07) is 11.2. The first kappa shape index (κ1) is 26.4. The average Bonchev–Trinajstić information content (AvgIpc) is 3.14. The van der Waals surface area contributed by atoms with E-state index in [9.17, 15) is 28.3 Å². The third kappa shape index (κ3) is 5.71. The Balaban J connectivity index is 1.92. The Morgan fingerprint density at radius 3 is 2.43 bits per heavy atom. The first-order valence-corrected chi connectivity index (χ1v) is 15.5. The monoisotopic (exact) mass is 513 g/mol. The molecule has 2 atom stereocenters. The molecule has 1 aliphatic rings. The molecule has 1 saturated heterocycles. The smallest absolute Gasteiger partial charge is 0.244 e. The molecule has 0 spiro atoms. The van der Waals surface area contributed by atoms with Crippen LogP contribution in [0, 0.1) is 39.9 Å². The van der Waals surface area contributed by atoms with Crippen molar-refractivity contribution in [2.24, 2.45) is 0 Å². The van der Waals surface area contributed by atoms with Gasteiger partial charge in [0, 0.05) is 18.2 Å². The van der Waals surface area contributed by atoms with Gasteiger partial charge in [-0.15, -0.1) is 5.54 Å². The van der Waals surface area contributed by atoms with Crippen molar-refractivity contribution >= 4 is 18.1 Å². The number of ether oxygens (including phenoxy) is 1. The van der Waals surface area contributed by atoms with Crippen LogP contribution in [0.3, 0.4) is 0 Å². The maximum Gasteiger partial charge on any atom is 0.244 e. The first-order chi connectivity index (χ1) is 16.3. The van der Waals surface area contributed by atoms with Gasteiger partial charge in [0.1, 0.15) is 48.4 Å². The van der Waals surface area contributed by atoms with E-state index in [0.29, 0.717) is 5.56 Å². The minimum Gasteiger partial charge on any atom is -0.486 e. The van der Waals surface area contributed by atoms with Crippen molar-refractivity contribution in [3.8, 4) is 29.4 Å². The zero-order chi connectivity index (χ0) is 26.0. The van der Waals surface area contributed by atoms with Gasteiger partial charge in [0.15, 0.2) is 0 Å². The lowest BCUT2D eigenvalue weighted by molar-refractivity contribution is -0.0641. The number of halogens is 1. The quantitative estimate of drug-likeness (QED) is 0.461. The van der Waals surface area contributed by atoms with Crippen LogP contribution in [-0.2, 0) is 10.0 Å². The van der Waals surface area contributed by atoms with Gasteiger partial charge >= 0.3 is 0 Å². The molecule has 2 N–H and O–H groups in total. The molecular formula is C24H24FN3O5SSi. The minimum atomic E-state index is -4.26. The summed E-state index contributed by atoms with van der Waals surface area (Å²) >= 11 is 0. The molecule has 1 heterocycles. The molecule has 182 valence electrons. The van der Waals surface area contributed by atoms with Crippen LogP contribution in [0.1, 0.15) is 16.7 Å². The molecule has 2 aromatic carbocycles. The van der Waals surface area contributed by atoms with Crippen molar-refractivity contribution in [2.45, 2.75) is 36.2 Å². The first-order valence-electron chi connectivity index (χ1n) is 10.6. The highest BCUT2D eigenvalue weighted by Gasteiger charge is 2.51. The second kappa shape index (κ2) is 9.78. The predicted octanol–water partition coefficient (Wildman–Crippen LogP) is 1.97. The fourth-order valence-corrected chi connectivity index (χ4v) is 5.60. The molecular weight excluding hydrogens is 489 g/mol. The molecule has 8 nitrogen and oxygen atoms in total. The molecule has 35 heavy (non-hydrogen) atoms. The lowest BCUT2D eigenvalue weighted by Gasteiger charge is -2.27. The number of aliphatic hydroxyl groups excluding tert-OH is 1. The van der Waals surface area contributed by atoms with Gasteiger partial charge in [-0.2, -0.15) is 14.8 Å².